The zero-order valence-corrected chi connectivity index (χ0v) is 6.59. The van der Waals surface area contributed by atoms with Crippen LogP contribution in [0.2, 0.25) is 0 Å². The number of carbonyl (C=O) groups is 1. The second-order valence-corrected chi connectivity index (χ2v) is 2.39. The van der Waals surface area contributed by atoms with Gasteiger partial charge < -0.3 is 4.57 Å². The van der Waals surface area contributed by atoms with E-state index < -0.39 is 0 Å². The summed E-state index contributed by atoms with van der Waals surface area (Å²) in [5.41, 5.74) is 3.68. The monoisotopic (exact) mass is 153 g/mol. The highest BCUT2D eigenvalue weighted by molar-refractivity contribution is 5.92. The second kappa shape index (κ2) is 2.75. The number of nitrogens with zero attached hydrogens (tertiary/aromatic N) is 1. The Labute approximate surface area is 65.0 Å². The summed E-state index contributed by atoms with van der Waals surface area (Å²) >= 11 is 0. The Morgan fingerprint density at radius 3 is 2.64 bits per heavy atom. The molecule has 60 valence electrons. The summed E-state index contributed by atoms with van der Waals surface area (Å²) in [5.74, 6) is 4.71. The number of amides is 1. The number of rotatable bonds is 1. The number of carbonyl (C=O) groups excluding carboxylic acids is 1. The molecule has 0 fully saturated rings. The molecule has 0 aliphatic carbocycles. The third-order valence-corrected chi connectivity index (χ3v) is 1.74. The summed E-state index contributed by atoms with van der Waals surface area (Å²) in [4.78, 5) is 11.0. The van der Waals surface area contributed by atoms with Gasteiger partial charge >= 0.3 is 0 Å². The van der Waals surface area contributed by atoms with Gasteiger partial charge in [-0.05, 0) is 19.1 Å². The van der Waals surface area contributed by atoms with Crippen LogP contribution in [0.3, 0.4) is 0 Å². The quantitative estimate of drug-likeness (QED) is 0.337. The van der Waals surface area contributed by atoms with Gasteiger partial charge in [0.2, 0.25) is 0 Å². The largest absolute Gasteiger partial charge is 0.344 e. The zero-order chi connectivity index (χ0) is 8.43. The van der Waals surface area contributed by atoms with Crippen LogP contribution in [-0.2, 0) is 7.05 Å². The van der Waals surface area contributed by atoms with Gasteiger partial charge in [0.1, 0.15) is 5.69 Å². The average molecular weight is 153 g/mol. The number of nitrogens with one attached hydrogen (secondary N) is 1. The topological polar surface area (TPSA) is 60.1 Å². The first-order chi connectivity index (χ1) is 5.16. The lowest BCUT2D eigenvalue weighted by molar-refractivity contribution is 0.0945. The predicted octanol–water partition coefficient (Wildman–Crippen LogP) is -0.0630. The molecule has 1 amide bonds. The van der Waals surface area contributed by atoms with Gasteiger partial charge in [-0.2, -0.15) is 0 Å². The molecule has 0 spiro atoms. The van der Waals surface area contributed by atoms with Crippen molar-refractivity contribution in [2.45, 2.75) is 6.92 Å². The fourth-order valence-corrected chi connectivity index (χ4v) is 0.915. The fraction of sp³-hybridized carbons (Fsp3) is 0.286. The molecule has 0 unspecified atom stereocenters. The van der Waals surface area contributed by atoms with E-state index in [1.54, 1.807) is 10.6 Å². The lowest BCUT2D eigenvalue weighted by Gasteiger charge is -2.01. The molecule has 0 radical (unpaired) electrons. The van der Waals surface area contributed by atoms with Gasteiger partial charge in [0.15, 0.2) is 0 Å². The van der Waals surface area contributed by atoms with Crippen molar-refractivity contribution in [1.82, 2.24) is 9.99 Å². The Bertz CT molecular complexity index is 277. The highest BCUT2D eigenvalue weighted by Gasteiger charge is 2.07. The van der Waals surface area contributed by atoms with E-state index in [1.165, 1.54) is 0 Å². The Morgan fingerprint density at radius 2 is 2.27 bits per heavy atom. The number of hydrazine groups is 1. The van der Waals surface area contributed by atoms with Crippen molar-refractivity contribution in [3.8, 4) is 0 Å². The summed E-state index contributed by atoms with van der Waals surface area (Å²) in [6.07, 6.45) is 0. The molecule has 0 aliphatic rings. The van der Waals surface area contributed by atoms with Crippen molar-refractivity contribution >= 4 is 5.91 Å². The first-order valence-corrected chi connectivity index (χ1v) is 3.30. The maximum atomic E-state index is 11.0. The summed E-state index contributed by atoms with van der Waals surface area (Å²) in [7, 11) is 1.82. The van der Waals surface area contributed by atoms with E-state index in [0.29, 0.717) is 5.69 Å². The number of hydrogen-bond acceptors (Lipinski definition) is 2. The van der Waals surface area contributed by atoms with Gasteiger partial charge in [-0.1, -0.05) is 0 Å². The molecular formula is C7H11N3O. The van der Waals surface area contributed by atoms with Gasteiger partial charge in [-0.15, -0.1) is 0 Å². The third kappa shape index (κ3) is 1.25. The van der Waals surface area contributed by atoms with Crippen molar-refractivity contribution in [2.75, 3.05) is 0 Å². The first-order valence-electron chi connectivity index (χ1n) is 3.30. The van der Waals surface area contributed by atoms with Crippen molar-refractivity contribution < 1.29 is 4.79 Å². The third-order valence-electron chi connectivity index (χ3n) is 1.74. The highest BCUT2D eigenvalue weighted by atomic mass is 16.2. The van der Waals surface area contributed by atoms with Gasteiger partial charge in [0.25, 0.3) is 5.91 Å². The Balaban J connectivity index is 3.04. The van der Waals surface area contributed by atoms with Crippen molar-refractivity contribution in [1.29, 1.82) is 0 Å². The maximum Gasteiger partial charge on any atom is 0.281 e. The van der Waals surface area contributed by atoms with Crippen LogP contribution in [0.4, 0.5) is 0 Å². The molecule has 0 bridgehead atoms. The molecule has 0 atom stereocenters. The molecule has 0 aliphatic heterocycles. The van der Waals surface area contributed by atoms with Gasteiger partial charge in [0.05, 0.1) is 0 Å². The molecule has 3 N–H and O–H groups in total. The lowest BCUT2D eigenvalue weighted by atomic mass is 10.4. The molecule has 1 rings (SSSR count). The van der Waals surface area contributed by atoms with Crippen LogP contribution in [0.25, 0.3) is 0 Å². The first kappa shape index (κ1) is 7.81. The molecule has 0 aromatic carbocycles. The van der Waals surface area contributed by atoms with Crippen LogP contribution < -0.4 is 11.3 Å². The minimum atomic E-state index is -0.263. The van der Waals surface area contributed by atoms with E-state index in [-0.39, 0.29) is 5.91 Å². The molecule has 0 saturated heterocycles. The minimum absolute atomic E-state index is 0.263. The second-order valence-electron chi connectivity index (χ2n) is 2.39. The van der Waals surface area contributed by atoms with Crippen molar-refractivity contribution in [2.24, 2.45) is 12.9 Å². The molecule has 0 saturated carbocycles. The number of nitrogens with two attached hydrogens (primary N) is 1. The van der Waals surface area contributed by atoms with Crippen LogP contribution in [0, 0.1) is 6.92 Å². The van der Waals surface area contributed by atoms with E-state index >= 15 is 0 Å². The van der Waals surface area contributed by atoms with E-state index in [4.69, 9.17) is 5.84 Å². The van der Waals surface area contributed by atoms with E-state index in [2.05, 4.69) is 5.43 Å². The smallest absolute Gasteiger partial charge is 0.281 e. The van der Waals surface area contributed by atoms with Gasteiger partial charge in [-0.25, -0.2) is 5.84 Å². The summed E-state index contributed by atoms with van der Waals surface area (Å²) in [5, 5.41) is 0. The molecule has 1 heterocycles. The fourth-order valence-electron chi connectivity index (χ4n) is 0.915. The minimum Gasteiger partial charge on any atom is -0.344 e. The van der Waals surface area contributed by atoms with Crippen LogP contribution in [0.1, 0.15) is 16.2 Å². The molecule has 4 nitrogen and oxygen atoms in total. The molecule has 1 aromatic rings. The normalized spacial score (nSPS) is 9.73. The summed E-state index contributed by atoms with van der Waals surface area (Å²) in [6.45, 7) is 1.92. The number of hydrogen-bond donors (Lipinski definition) is 2. The van der Waals surface area contributed by atoms with E-state index in [1.807, 2.05) is 20.0 Å². The van der Waals surface area contributed by atoms with Crippen LogP contribution in [-0.4, -0.2) is 10.5 Å². The zero-order valence-electron chi connectivity index (χ0n) is 6.59. The van der Waals surface area contributed by atoms with E-state index in [0.717, 1.165) is 5.69 Å². The molecule has 11 heavy (non-hydrogen) atoms. The van der Waals surface area contributed by atoms with Crippen LogP contribution in [0.5, 0.6) is 0 Å². The number of aryl methyl sites for hydroxylation is 1. The SMILES string of the molecule is Cc1ccc(C(=O)NN)n1C. The van der Waals surface area contributed by atoms with Crippen molar-refractivity contribution in [3.05, 3.63) is 23.5 Å². The maximum absolute atomic E-state index is 11.0. The van der Waals surface area contributed by atoms with Crippen molar-refractivity contribution in [3.63, 3.8) is 0 Å². The highest BCUT2D eigenvalue weighted by Crippen LogP contribution is 2.04. The molecular weight excluding hydrogens is 142 g/mol. The molecule has 4 heteroatoms. The van der Waals surface area contributed by atoms with Gasteiger partial charge in [0, 0.05) is 12.7 Å². The summed E-state index contributed by atoms with van der Waals surface area (Å²) in [6, 6.07) is 3.60. The molecule has 1 aromatic heterocycles. The number of nitrogen functional groups attached to an aromatic ring is 1. The van der Waals surface area contributed by atoms with Crippen LogP contribution >= 0.6 is 0 Å². The number of aromatic nitrogens is 1. The Hall–Kier alpha value is -1.29. The van der Waals surface area contributed by atoms with Crippen LogP contribution in [0.15, 0.2) is 12.1 Å². The lowest BCUT2D eigenvalue weighted by Crippen LogP contribution is -2.31. The Kier molecular flexibility index (Phi) is 1.96. The average Bonchev–Trinajstić information content (AvgIpc) is 2.32. The predicted molar refractivity (Wildman–Crippen MR) is 41.8 cm³/mol. The Morgan fingerprint density at radius 1 is 1.64 bits per heavy atom. The summed E-state index contributed by atoms with van der Waals surface area (Å²) < 4.78 is 1.78. The standard InChI is InChI=1S/C7H11N3O/c1-5-3-4-6(10(5)2)7(11)9-8/h3-4H,8H2,1-2H3,(H,9,11). The van der Waals surface area contributed by atoms with Gasteiger partial charge in [-0.3, -0.25) is 10.2 Å². The van der Waals surface area contributed by atoms with E-state index in [9.17, 15) is 4.79 Å².